The minimum absolute atomic E-state index is 0.0911. The van der Waals surface area contributed by atoms with Crippen LogP contribution in [-0.4, -0.2) is 37.1 Å². The molecule has 0 aliphatic heterocycles. The van der Waals surface area contributed by atoms with Crippen molar-refractivity contribution >= 4 is 28.9 Å². The number of hydrogen-bond donors (Lipinski definition) is 2. The molecule has 2 rings (SSSR count). The van der Waals surface area contributed by atoms with Crippen molar-refractivity contribution in [3.63, 3.8) is 0 Å². The van der Waals surface area contributed by atoms with Crippen molar-refractivity contribution in [3.05, 3.63) is 59.7 Å². The summed E-state index contributed by atoms with van der Waals surface area (Å²) in [5.74, 6) is 0.711. The van der Waals surface area contributed by atoms with Gasteiger partial charge in [-0.3, -0.25) is 4.79 Å². The van der Waals surface area contributed by atoms with Crippen LogP contribution in [0.2, 0.25) is 0 Å². The lowest BCUT2D eigenvalue weighted by Gasteiger charge is -2.21. The first kappa shape index (κ1) is 17.7. The number of thiocarbonyl (C=S) groups is 1. The average Bonchev–Trinajstić information content (AvgIpc) is 2.62. The van der Waals surface area contributed by atoms with E-state index in [4.69, 9.17) is 17.0 Å². The highest BCUT2D eigenvalue weighted by Crippen LogP contribution is 2.16. The van der Waals surface area contributed by atoms with Crippen LogP contribution in [0.3, 0.4) is 0 Å². The fraction of sp³-hybridized carbons (Fsp3) is 0.222. The van der Waals surface area contributed by atoms with Crippen molar-refractivity contribution in [1.82, 2.24) is 10.2 Å². The summed E-state index contributed by atoms with van der Waals surface area (Å²) in [6.45, 7) is 0.649. The number of rotatable bonds is 5. The molecule has 0 heterocycles. The Kier molecular flexibility index (Phi) is 6.14. The standard InChI is InChI=1S/C18H21N3O2S/c1-19-17(22)14-6-4-13(5-7-14)12-21(2)18(24)20-15-8-10-16(23-3)11-9-15/h4-11H,12H2,1-3H3,(H,19,22)(H,20,24). The molecule has 0 atom stereocenters. The molecule has 0 saturated carbocycles. The highest BCUT2D eigenvalue weighted by Gasteiger charge is 2.07. The predicted molar refractivity (Wildman–Crippen MR) is 101 cm³/mol. The minimum Gasteiger partial charge on any atom is -0.497 e. The number of carbonyl (C=O) groups is 1. The molecule has 24 heavy (non-hydrogen) atoms. The van der Waals surface area contributed by atoms with Gasteiger partial charge in [0.15, 0.2) is 5.11 Å². The molecule has 0 aromatic heterocycles. The fourth-order valence-corrected chi connectivity index (χ4v) is 2.33. The van der Waals surface area contributed by atoms with Crippen LogP contribution in [0.1, 0.15) is 15.9 Å². The maximum Gasteiger partial charge on any atom is 0.251 e. The monoisotopic (exact) mass is 343 g/mol. The van der Waals surface area contributed by atoms with Crippen LogP contribution < -0.4 is 15.4 Å². The summed E-state index contributed by atoms with van der Waals surface area (Å²) in [6.07, 6.45) is 0. The van der Waals surface area contributed by atoms with Crippen LogP contribution >= 0.6 is 12.2 Å². The molecule has 126 valence electrons. The molecular weight excluding hydrogens is 322 g/mol. The maximum absolute atomic E-state index is 11.5. The molecule has 6 heteroatoms. The van der Waals surface area contributed by atoms with E-state index < -0.39 is 0 Å². The molecule has 2 aromatic rings. The van der Waals surface area contributed by atoms with Crippen molar-refractivity contribution in [2.45, 2.75) is 6.54 Å². The van der Waals surface area contributed by atoms with E-state index in [0.717, 1.165) is 17.0 Å². The summed E-state index contributed by atoms with van der Waals surface area (Å²) >= 11 is 5.42. The zero-order valence-corrected chi connectivity index (χ0v) is 14.8. The number of hydrogen-bond acceptors (Lipinski definition) is 3. The second-order valence-corrected chi connectivity index (χ2v) is 5.68. The summed E-state index contributed by atoms with van der Waals surface area (Å²) in [4.78, 5) is 13.5. The molecular formula is C18H21N3O2S. The van der Waals surface area contributed by atoms with Gasteiger partial charge in [-0.25, -0.2) is 0 Å². The first-order valence-corrected chi connectivity index (χ1v) is 7.91. The Balaban J connectivity index is 1.94. The molecule has 0 fully saturated rings. The molecule has 0 saturated heterocycles. The summed E-state index contributed by atoms with van der Waals surface area (Å²) in [6, 6.07) is 15.1. The van der Waals surface area contributed by atoms with E-state index in [1.54, 1.807) is 14.2 Å². The third-order valence-corrected chi connectivity index (χ3v) is 3.96. The van der Waals surface area contributed by atoms with E-state index in [-0.39, 0.29) is 5.91 Å². The van der Waals surface area contributed by atoms with Gasteiger partial charge in [-0.05, 0) is 54.2 Å². The molecule has 0 radical (unpaired) electrons. The van der Waals surface area contributed by atoms with E-state index in [1.807, 2.05) is 60.5 Å². The molecule has 5 nitrogen and oxygen atoms in total. The fourth-order valence-electron chi connectivity index (χ4n) is 2.14. The van der Waals surface area contributed by atoms with E-state index >= 15 is 0 Å². The van der Waals surface area contributed by atoms with Crippen molar-refractivity contribution in [3.8, 4) is 5.75 Å². The number of amides is 1. The molecule has 0 bridgehead atoms. The summed E-state index contributed by atoms with van der Waals surface area (Å²) in [7, 11) is 5.18. The van der Waals surface area contributed by atoms with Gasteiger partial charge in [-0.15, -0.1) is 0 Å². The molecule has 1 amide bonds. The van der Waals surface area contributed by atoms with Gasteiger partial charge in [0.25, 0.3) is 5.91 Å². The summed E-state index contributed by atoms with van der Waals surface area (Å²) in [5, 5.41) is 6.42. The molecule has 0 unspecified atom stereocenters. The lowest BCUT2D eigenvalue weighted by Crippen LogP contribution is -2.30. The number of methoxy groups -OCH3 is 1. The number of nitrogens with zero attached hydrogens (tertiary/aromatic N) is 1. The van der Waals surface area contributed by atoms with Gasteiger partial charge in [-0.1, -0.05) is 12.1 Å². The Morgan fingerprint density at radius 2 is 1.75 bits per heavy atom. The van der Waals surface area contributed by atoms with E-state index in [9.17, 15) is 4.79 Å². The summed E-state index contributed by atoms with van der Waals surface area (Å²) < 4.78 is 5.14. The average molecular weight is 343 g/mol. The maximum atomic E-state index is 11.5. The third kappa shape index (κ3) is 4.70. The van der Waals surface area contributed by atoms with Gasteiger partial charge < -0.3 is 20.3 Å². The molecule has 0 aliphatic carbocycles. The number of benzene rings is 2. The van der Waals surface area contributed by atoms with Gasteiger partial charge in [0.05, 0.1) is 7.11 Å². The Morgan fingerprint density at radius 1 is 1.12 bits per heavy atom. The zero-order chi connectivity index (χ0) is 17.5. The number of anilines is 1. The highest BCUT2D eigenvalue weighted by molar-refractivity contribution is 7.80. The van der Waals surface area contributed by atoms with Crippen LogP contribution in [-0.2, 0) is 6.54 Å². The minimum atomic E-state index is -0.0911. The topological polar surface area (TPSA) is 53.6 Å². The van der Waals surface area contributed by atoms with Crippen LogP contribution in [0.5, 0.6) is 5.75 Å². The van der Waals surface area contributed by atoms with Crippen LogP contribution in [0.15, 0.2) is 48.5 Å². The predicted octanol–water partition coefficient (Wildman–Crippen LogP) is 2.88. The third-order valence-electron chi connectivity index (χ3n) is 3.55. The van der Waals surface area contributed by atoms with Crippen LogP contribution in [0, 0.1) is 0 Å². The SMILES string of the molecule is CNC(=O)c1ccc(CN(C)C(=S)Nc2ccc(OC)cc2)cc1. The Hall–Kier alpha value is -2.60. The van der Waals surface area contributed by atoms with E-state index in [2.05, 4.69) is 10.6 Å². The van der Waals surface area contributed by atoms with Gasteiger partial charge in [0, 0.05) is 31.9 Å². The number of nitrogens with one attached hydrogen (secondary N) is 2. The van der Waals surface area contributed by atoms with Gasteiger partial charge in [0.1, 0.15) is 5.75 Å². The smallest absolute Gasteiger partial charge is 0.251 e. The normalized spacial score (nSPS) is 9.96. The molecule has 0 aliphatic rings. The second kappa shape index (κ2) is 8.31. The van der Waals surface area contributed by atoms with E-state index in [0.29, 0.717) is 17.2 Å². The molecule has 2 N–H and O–H groups in total. The van der Waals surface area contributed by atoms with Crippen molar-refractivity contribution in [2.24, 2.45) is 0 Å². The van der Waals surface area contributed by atoms with Gasteiger partial charge in [0.2, 0.25) is 0 Å². The highest BCUT2D eigenvalue weighted by atomic mass is 32.1. The van der Waals surface area contributed by atoms with Gasteiger partial charge in [-0.2, -0.15) is 0 Å². The zero-order valence-electron chi connectivity index (χ0n) is 14.0. The lowest BCUT2D eigenvalue weighted by molar-refractivity contribution is 0.0963. The molecule has 2 aromatic carbocycles. The largest absolute Gasteiger partial charge is 0.497 e. The van der Waals surface area contributed by atoms with Gasteiger partial charge >= 0.3 is 0 Å². The second-order valence-electron chi connectivity index (χ2n) is 5.29. The first-order chi connectivity index (χ1) is 11.5. The molecule has 0 spiro atoms. The quantitative estimate of drug-likeness (QED) is 0.818. The Labute approximate surface area is 147 Å². The van der Waals surface area contributed by atoms with Crippen LogP contribution in [0.4, 0.5) is 5.69 Å². The first-order valence-electron chi connectivity index (χ1n) is 7.50. The van der Waals surface area contributed by atoms with Crippen molar-refractivity contribution in [2.75, 3.05) is 26.5 Å². The summed E-state index contributed by atoms with van der Waals surface area (Å²) in [5.41, 5.74) is 2.62. The Bertz CT molecular complexity index is 699. The van der Waals surface area contributed by atoms with Crippen molar-refractivity contribution < 1.29 is 9.53 Å². The number of ether oxygens (including phenoxy) is 1. The number of carbonyl (C=O) groups excluding carboxylic acids is 1. The van der Waals surface area contributed by atoms with Crippen molar-refractivity contribution in [1.29, 1.82) is 0 Å². The lowest BCUT2D eigenvalue weighted by atomic mass is 10.1. The Morgan fingerprint density at radius 3 is 2.29 bits per heavy atom. The van der Waals surface area contributed by atoms with Crippen LogP contribution in [0.25, 0.3) is 0 Å². The van der Waals surface area contributed by atoms with E-state index in [1.165, 1.54) is 0 Å².